The first kappa shape index (κ1) is 80.1. The molecule has 0 aliphatic rings. The Bertz CT molecular complexity index is 1600. The van der Waals surface area contributed by atoms with Gasteiger partial charge >= 0.3 is 39.5 Å². The van der Waals surface area contributed by atoms with Crippen LogP contribution >= 0.6 is 15.6 Å². The summed E-state index contributed by atoms with van der Waals surface area (Å²) in [5.41, 5.74) is 0. The summed E-state index contributed by atoms with van der Waals surface area (Å²) in [6.45, 7) is 7.09. The van der Waals surface area contributed by atoms with E-state index in [0.29, 0.717) is 25.7 Å². The molecule has 0 spiro atoms. The molecule has 0 radical (unpaired) electrons. The fourth-order valence-electron chi connectivity index (χ4n) is 9.41. The number of esters is 4. The number of phosphoric acid groups is 2. The van der Waals surface area contributed by atoms with E-state index in [2.05, 4.69) is 34.6 Å². The Morgan fingerprint density at radius 1 is 0.329 bits per heavy atom. The van der Waals surface area contributed by atoms with Crippen molar-refractivity contribution in [3.8, 4) is 0 Å². The molecule has 0 aromatic heterocycles. The molecule has 0 saturated carbocycles. The molecule has 0 saturated heterocycles. The second kappa shape index (κ2) is 56.8. The minimum Gasteiger partial charge on any atom is -0.462 e. The van der Waals surface area contributed by atoms with Crippen molar-refractivity contribution in [1.29, 1.82) is 0 Å². The van der Waals surface area contributed by atoms with Gasteiger partial charge in [-0.2, -0.15) is 0 Å². The van der Waals surface area contributed by atoms with Crippen molar-refractivity contribution in [2.75, 3.05) is 39.6 Å². The summed E-state index contributed by atoms with van der Waals surface area (Å²) in [5, 5.41) is 10.5. The molecule has 0 aromatic rings. The number of aliphatic hydroxyl groups excluding tert-OH is 1. The molecular formula is C63H122O17P2. The van der Waals surface area contributed by atoms with Gasteiger partial charge in [0.15, 0.2) is 12.2 Å². The fraction of sp³-hybridized carbons (Fsp3) is 0.937. The zero-order valence-electron chi connectivity index (χ0n) is 52.6. The Morgan fingerprint density at radius 2 is 0.561 bits per heavy atom. The van der Waals surface area contributed by atoms with E-state index in [0.717, 1.165) is 102 Å². The van der Waals surface area contributed by atoms with E-state index in [-0.39, 0.29) is 25.7 Å². The summed E-state index contributed by atoms with van der Waals surface area (Å²) in [7, 11) is -9.88. The molecular weight excluding hydrogens is 1090 g/mol. The normalized spacial score (nSPS) is 14.3. The van der Waals surface area contributed by atoms with E-state index < -0.39 is 97.5 Å². The SMILES string of the molecule is CCCCCCCCCCCCCCCC(=O)O[C@H](COC(=O)CCCCCCCCCCCC(C)C)COP(=O)(O)OC[C@@H](O)COP(=O)(O)OC[C@@H](COC(=O)CCCCCCC)OC(=O)CCCCCCCCCCCCCC. The number of rotatable bonds is 63. The van der Waals surface area contributed by atoms with Crippen LogP contribution in [0.5, 0.6) is 0 Å². The van der Waals surface area contributed by atoms with Crippen LogP contribution in [0.25, 0.3) is 0 Å². The number of hydrogen-bond acceptors (Lipinski definition) is 15. The Hall–Kier alpha value is -1.94. The number of carbonyl (C=O) groups is 4. The highest BCUT2D eigenvalue weighted by atomic mass is 31.2. The van der Waals surface area contributed by atoms with Crippen LogP contribution in [0.2, 0.25) is 0 Å². The van der Waals surface area contributed by atoms with E-state index >= 15 is 0 Å². The summed E-state index contributed by atoms with van der Waals surface area (Å²) < 4.78 is 67.8. The molecule has 0 amide bonds. The number of hydrogen-bond donors (Lipinski definition) is 3. The number of carbonyl (C=O) groups excluding carboxylic acids is 4. The maximum Gasteiger partial charge on any atom is 0.472 e. The van der Waals surface area contributed by atoms with Gasteiger partial charge in [-0.05, 0) is 31.6 Å². The van der Waals surface area contributed by atoms with E-state index in [1.54, 1.807) is 0 Å². The van der Waals surface area contributed by atoms with Gasteiger partial charge in [0.1, 0.15) is 19.3 Å². The Morgan fingerprint density at radius 3 is 0.829 bits per heavy atom. The first-order valence-electron chi connectivity index (χ1n) is 33.1. The predicted molar refractivity (Wildman–Crippen MR) is 326 cm³/mol. The molecule has 82 heavy (non-hydrogen) atoms. The van der Waals surface area contributed by atoms with Crippen LogP contribution in [0.15, 0.2) is 0 Å². The molecule has 5 atom stereocenters. The number of unbranched alkanes of at least 4 members (excludes halogenated alkanes) is 35. The summed E-state index contributed by atoms with van der Waals surface area (Å²) in [4.78, 5) is 71.9. The quantitative estimate of drug-likeness (QED) is 0.0222. The molecule has 0 rings (SSSR count). The summed E-state index contributed by atoms with van der Waals surface area (Å²) in [6.07, 6.45) is 40.5. The molecule has 0 aliphatic heterocycles. The molecule has 17 nitrogen and oxygen atoms in total. The third kappa shape index (κ3) is 57.2. The van der Waals surface area contributed by atoms with Gasteiger partial charge in [-0.3, -0.25) is 37.3 Å². The molecule has 2 unspecified atom stereocenters. The minimum atomic E-state index is -4.94. The molecule has 0 heterocycles. The zero-order chi connectivity index (χ0) is 60.6. The van der Waals surface area contributed by atoms with Crippen molar-refractivity contribution < 1.29 is 80.2 Å². The van der Waals surface area contributed by atoms with Crippen LogP contribution in [-0.2, 0) is 65.4 Å². The van der Waals surface area contributed by atoms with Gasteiger partial charge in [0.2, 0.25) is 0 Å². The van der Waals surface area contributed by atoms with Gasteiger partial charge in [0.05, 0.1) is 26.4 Å². The van der Waals surface area contributed by atoms with Gasteiger partial charge < -0.3 is 33.8 Å². The van der Waals surface area contributed by atoms with E-state index in [1.165, 1.54) is 135 Å². The lowest BCUT2D eigenvalue weighted by atomic mass is 10.0. The van der Waals surface area contributed by atoms with E-state index in [4.69, 9.17) is 37.0 Å². The average Bonchev–Trinajstić information content (AvgIpc) is 3.44. The van der Waals surface area contributed by atoms with E-state index in [9.17, 15) is 43.2 Å². The lowest BCUT2D eigenvalue weighted by Gasteiger charge is -2.21. The van der Waals surface area contributed by atoms with Gasteiger partial charge in [-0.15, -0.1) is 0 Å². The summed E-state index contributed by atoms with van der Waals surface area (Å²) in [5.74, 6) is -1.40. The lowest BCUT2D eigenvalue weighted by molar-refractivity contribution is -0.161. The first-order chi connectivity index (χ1) is 39.5. The van der Waals surface area contributed by atoms with Crippen LogP contribution in [0.1, 0.15) is 317 Å². The third-order valence-electron chi connectivity index (χ3n) is 14.5. The lowest BCUT2D eigenvalue weighted by Crippen LogP contribution is -2.30. The number of phosphoric ester groups is 2. The maximum atomic E-state index is 13.0. The molecule has 0 aliphatic carbocycles. The first-order valence-corrected chi connectivity index (χ1v) is 36.1. The van der Waals surface area contributed by atoms with Crippen molar-refractivity contribution in [2.24, 2.45) is 5.92 Å². The standard InChI is InChI=1S/C63H122O17P2/c1-6-9-12-15-17-19-21-23-25-29-34-39-44-49-63(68)80-59(53-74-61(66)47-42-37-32-30-26-27-31-36-40-45-56(4)5)55-78-82(71,72)76-51-57(64)50-75-81(69,70)77-54-58(52-73-60(65)46-41-35-14-11-8-3)79-62(67)48-43-38-33-28-24-22-20-18-16-13-10-7-2/h56-59,64H,6-55H2,1-5H3,(H,69,70)(H,71,72)/t57-,58+,59+/m0/s1. The molecule has 0 fully saturated rings. The highest BCUT2D eigenvalue weighted by Crippen LogP contribution is 2.45. The average molecular weight is 1210 g/mol. The number of aliphatic hydroxyl groups is 1. The topological polar surface area (TPSA) is 237 Å². The predicted octanol–water partition coefficient (Wildman–Crippen LogP) is 17.4. The van der Waals surface area contributed by atoms with Crippen LogP contribution in [0, 0.1) is 5.92 Å². The third-order valence-corrected chi connectivity index (χ3v) is 16.4. The minimum absolute atomic E-state index is 0.106. The van der Waals surface area contributed by atoms with Gasteiger partial charge in [0.25, 0.3) is 0 Å². The second-order valence-corrected chi connectivity index (χ2v) is 26.2. The molecule has 486 valence electrons. The fourth-order valence-corrected chi connectivity index (χ4v) is 11.0. The Kier molecular flexibility index (Phi) is 55.5. The zero-order valence-corrected chi connectivity index (χ0v) is 54.4. The van der Waals surface area contributed by atoms with Crippen molar-refractivity contribution in [3.63, 3.8) is 0 Å². The highest BCUT2D eigenvalue weighted by Gasteiger charge is 2.30. The van der Waals surface area contributed by atoms with Crippen molar-refractivity contribution in [1.82, 2.24) is 0 Å². The molecule has 19 heteroatoms. The number of ether oxygens (including phenoxy) is 4. The van der Waals surface area contributed by atoms with Crippen LogP contribution in [-0.4, -0.2) is 96.7 Å². The van der Waals surface area contributed by atoms with Crippen molar-refractivity contribution >= 4 is 39.5 Å². The second-order valence-electron chi connectivity index (χ2n) is 23.3. The maximum absolute atomic E-state index is 13.0. The van der Waals surface area contributed by atoms with E-state index in [1.807, 2.05) is 0 Å². The molecule has 0 aromatic carbocycles. The Labute approximate surface area is 498 Å². The largest absolute Gasteiger partial charge is 0.472 e. The molecule has 3 N–H and O–H groups in total. The van der Waals surface area contributed by atoms with Gasteiger partial charge in [0, 0.05) is 25.7 Å². The Balaban J connectivity index is 5.18. The molecule has 0 bridgehead atoms. The van der Waals surface area contributed by atoms with Crippen LogP contribution in [0.3, 0.4) is 0 Å². The van der Waals surface area contributed by atoms with Crippen LogP contribution in [0.4, 0.5) is 0 Å². The monoisotopic (exact) mass is 1210 g/mol. The summed E-state index contributed by atoms with van der Waals surface area (Å²) >= 11 is 0. The highest BCUT2D eigenvalue weighted by molar-refractivity contribution is 7.47. The van der Waals surface area contributed by atoms with Gasteiger partial charge in [-0.1, -0.05) is 266 Å². The summed E-state index contributed by atoms with van der Waals surface area (Å²) in [6, 6.07) is 0. The van der Waals surface area contributed by atoms with Crippen LogP contribution < -0.4 is 0 Å². The van der Waals surface area contributed by atoms with Crippen molar-refractivity contribution in [3.05, 3.63) is 0 Å². The smallest absolute Gasteiger partial charge is 0.462 e. The van der Waals surface area contributed by atoms with Crippen molar-refractivity contribution in [2.45, 2.75) is 335 Å². The van der Waals surface area contributed by atoms with Gasteiger partial charge in [-0.25, -0.2) is 9.13 Å².